The average molecular weight is 333 g/mol. The fourth-order valence-corrected chi connectivity index (χ4v) is 2.32. The van der Waals surface area contributed by atoms with E-state index in [1.165, 1.54) is 6.08 Å². The van der Waals surface area contributed by atoms with Crippen molar-refractivity contribution in [3.8, 4) is 5.75 Å². The number of Topliss-reactive ketones (excluding diaryl/α,β-unsaturated/α-hetero) is 1. The maximum atomic E-state index is 14.0. The number of carbonyl (C=O) groups is 1. The number of para-hydroxylation sites is 1. The van der Waals surface area contributed by atoms with Crippen LogP contribution in [0.2, 0.25) is 0 Å². The van der Waals surface area contributed by atoms with Gasteiger partial charge in [0, 0.05) is 4.47 Å². The molecule has 1 atom stereocenters. The Labute approximate surface area is 124 Å². The van der Waals surface area contributed by atoms with E-state index in [1.807, 2.05) is 12.1 Å². The number of ketones is 1. The molecule has 100 valence electrons. The summed E-state index contributed by atoms with van der Waals surface area (Å²) in [6.07, 6.45) is -0.212. The van der Waals surface area contributed by atoms with Gasteiger partial charge in [0.25, 0.3) is 6.36 Å². The summed E-state index contributed by atoms with van der Waals surface area (Å²) in [4.78, 5) is 12.3. The second kappa shape index (κ2) is 5.21. The van der Waals surface area contributed by atoms with E-state index in [1.54, 1.807) is 36.4 Å². The van der Waals surface area contributed by atoms with Crippen LogP contribution in [-0.4, -0.2) is 12.1 Å². The summed E-state index contributed by atoms with van der Waals surface area (Å²) in [5.74, 6) is -0.0415. The molecular weight excluding hydrogens is 323 g/mol. The minimum absolute atomic E-state index is 0.0195. The first-order chi connectivity index (χ1) is 9.65. The molecule has 4 heteroatoms. The number of rotatable bonds is 1. The van der Waals surface area contributed by atoms with Crippen molar-refractivity contribution in [3.63, 3.8) is 0 Å². The van der Waals surface area contributed by atoms with Gasteiger partial charge in [0.15, 0.2) is 5.78 Å². The van der Waals surface area contributed by atoms with E-state index >= 15 is 0 Å². The SMILES string of the molecule is O=C1/C(=C\c2ccc(Br)cc2)C(F)Oc2ccccc21. The summed E-state index contributed by atoms with van der Waals surface area (Å²) in [7, 11) is 0. The van der Waals surface area contributed by atoms with Gasteiger partial charge >= 0.3 is 0 Å². The van der Waals surface area contributed by atoms with E-state index in [0.717, 1.165) is 10.0 Å². The first-order valence-corrected chi connectivity index (χ1v) is 6.86. The van der Waals surface area contributed by atoms with Crippen LogP contribution in [0, 0.1) is 0 Å². The molecule has 0 saturated heterocycles. The van der Waals surface area contributed by atoms with Crippen LogP contribution in [0.1, 0.15) is 15.9 Å². The fourth-order valence-electron chi connectivity index (χ4n) is 2.06. The van der Waals surface area contributed by atoms with E-state index in [2.05, 4.69) is 15.9 Å². The Bertz CT molecular complexity index is 692. The number of carbonyl (C=O) groups excluding carboxylic acids is 1. The lowest BCUT2D eigenvalue weighted by atomic mass is 9.98. The Morgan fingerprint density at radius 3 is 2.55 bits per heavy atom. The van der Waals surface area contributed by atoms with Crippen LogP contribution in [0.4, 0.5) is 4.39 Å². The highest BCUT2D eigenvalue weighted by Gasteiger charge is 2.31. The molecule has 0 amide bonds. The number of alkyl halides is 1. The van der Waals surface area contributed by atoms with Crippen molar-refractivity contribution in [3.05, 3.63) is 69.7 Å². The van der Waals surface area contributed by atoms with Crippen molar-refractivity contribution in [2.45, 2.75) is 6.36 Å². The highest BCUT2D eigenvalue weighted by atomic mass is 79.9. The molecule has 0 aromatic heterocycles. The quantitative estimate of drug-likeness (QED) is 0.723. The Morgan fingerprint density at radius 1 is 1.10 bits per heavy atom. The molecule has 2 aromatic rings. The average Bonchev–Trinajstić information content (AvgIpc) is 2.45. The largest absolute Gasteiger partial charge is 0.455 e. The minimum atomic E-state index is -1.74. The fraction of sp³-hybridized carbons (Fsp3) is 0.0625. The Hall–Kier alpha value is -1.94. The molecule has 0 spiro atoms. The topological polar surface area (TPSA) is 26.3 Å². The number of halogens is 2. The number of hydrogen-bond acceptors (Lipinski definition) is 2. The van der Waals surface area contributed by atoms with Crippen LogP contribution >= 0.6 is 15.9 Å². The molecule has 1 unspecified atom stereocenters. The molecule has 1 aliphatic heterocycles. The first kappa shape index (κ1) is 13.1. The number of fused-ring (bicyclic) bond motifs is 1. The Morgan fingerprint density at radius 2 is 1.80 bits per heavy atom. The molecule has 0 fully saturated rings. The zero-order valence-corrected chi connectivity index (χ0v) is 11.9. The molecule has 20 heavy (non-hydrogen) atoms. The summed E-state index contributed by atoms with van der Waals surface area (Å²) in [5.41, 5.74) is 1.16. The summed E-state index contributed by atoms with van der Waals surface area (Å²) in [6, 6.07) is 14.0. The minimum Gasteiger partial charge on any atom is -0.455 e. The first-order valence-electron chi connectivity index (χ1n) is 6.07. The molecule has 3 rings (SSSR count). The molecular formula is C16H10BrFO2. The van der Waals surface area contributed by atoms with Crippen molar-refractivity contribution in [1.82, 2.24) is 0 Å². The van der Waals surface area contributed by atoms with E-state index in [0.29, 0.717) is 5.56 Å². The monoisotopic (exact) mass is 332 g/mol. The van der Waals surface area contributed by atoms with Crippen molar-refractivity contribution in [2.75, 3.05) is 0 Å². The highest BCUT2D eigenvalue weighted by molar-refractivity contribution is 9.10. The Balaban J connectivity index is 2.02. The lowest BCUT2D eigenvalue weighted by Gasteiger charge is -2.22. The van der Waals surface area contributed by atoms with Gasteiger partial charge in [0.2, 0.25) is 0 Å². The standard InChI is InChI=1S/C16H10BrFO2/c17-11-7-5-10(6-8-11)9-13-15(19)12-3-1-2-4-14(12)20-16(13)18/h1-9,16H/b13-9+. The van der Waals surface area contributed by atoms with Crippen LogP contribution in [0.25, 0.3) is 6.08 Å². The van der Waals surface area contributed by atoms with Gasteiger partial charge in [-0.1, -0.05) is 40.2 Å². The second-order valence-corrected chi connectivity index (χ2v) is 5.33. The van der Waals surface area contributed by atoms with Crippen LogP contribution in [0.3, 0.4) is 0 Å². The molecule has 2 nitrogen and oxygen atoms in total. The third kappa shape index (κ3) is 2.39. The normalized spacial score (nSPS) is 19.6. The molecule has 0 radical (unpaired) electrons. The van der Waals surface area contributed by atoms with Crippen LogP contribution in [0.15, 0.2) is 58.6 Å². The molecule has 0 N–H and O–H groups in total. The van der Waals surface area contributed by atoms with Gasteiger partial charge in [-0.15, -0.1) is 0 Å². The van der Waals surface area contributed by atoms with E-state index < -0.39 is 6.36 Å². The highest BCUT2D eigenvalue weighted by Crippen LogP contribution is 2.32. The van der Waals surface area contributed by atoms with Gasteiger partial charge in [-0.25, -0.2) is 0 Å². The summed E-state index contributed by atoms with van der Waals surface area (Å²) in [6.45, 7) is 0. The van der Waals surface area contributed by atoms with Crippen LogP contribution in [0.5, 0.6) is 5.75 Å². The lowest BCUT2D eigenvalue weighted by molar-refractivity contribution is 0.0727. The van der Waals surface area contributed by atoms with Crippen LogP contribution in [-0.2, 0) is 0 Å². The van der Waals surface area contributed by atoms with Gasteiger partial charge in [0.1, 0.15) is 5.75 Å². The van der Waals surface area contributed by atoms with Gasteiger partial charge in [0.05, 0.1) is 11.1 Å². The van der Waals surface area contributed by atoms with Gasteiger partial charge in [-0.05, 0) is 35.9 Å². The zero-order valence-electron chi connectivity index (χ0n) is 10.3. The third-order valence-corrected chi connectivity index (χ3v) is 3.59. The van der Waals surface area contributed by atoms with E-state index in [9.17, 15) is 9.18 Å². The number of benzene rings is 2. The van der Waals surface area contributed by atoms with Crippen molar-refractivity contribution < 1.29 is 13.9 Å². The summed E-state index contributed by atoms with van der Waals surface area (Å²) in [5, 5.41) is 0. The van der Waals surface area contributed by atoms with Crippen molar-refractivity contribution in [1.29, 1.82) is 0 Å². The molecule has 0 saturated carbocycles. The maximum Gasteiger partial charge on any atom is 0.268 e. The van der Waals surface area contributed by atoms with Crippen molar-refractivity contribution in [2.24, 2.45) is 0 Å². The lowest BCUT2D eigenvalue weighted by Crippen LogP contribution is -2.26. The molecule has 0 aliphatic carbocycles. The van der Waals surface area contributed by atoms with E-state index in [4.69, 9.17) is 4.74 Å². The summed E-state index contributed by atoms with van der Waals surface area (Å²) < 4.78 is 20.1. The van der Waals surface area contributed by atoms with Gasteiger partial charge < -0.3 is 4.74 Å². The van der Waals surface area contributed by atoms with Gasteiger partial charge in [-0.2, -0.15) is 4.39 Å². The number of hydrogen-bond donors (Lipinski definition) is 0. The second-order valence-electron chi connectivity index (χ2n) is 4.41. The Kier molecular flexibility index (Phi) is 3.40. The van der Waals surface area contributed by atoms with Gasteiger partial charge in [-0.3, -0.25) is 4.79 Å². The zero-order chi connectivity index (χ0) is 14.1. The molecule has 2 aromatic carbocycles. The predicted octanol–water partition coefficient (Wildman–Crippen LogP) is 4.40. The van der Waals surface area contributed by atoms with E-state index in [-0.39, 0.29) is 17.1 Å². The number of ether oxygens (including phenoxy) is 1. The summed E-state index contributed by atoms with van der Waals surface area (Å²) >= 11 is 3.33. The maximum absolute atomic E-state index is 14.0. The smallest absolute Gasteiger partial charge is 0.268 e. The predicted molar refractivity (Wildman–Crippen MR) is 78.4 cm³/mol. The third-order valence-electron chi connectivity index (χ3n) is 3.06. The van der Waals surface area contributed by atoms with Crippen molar-refractivity contribution >= 4 is 27.8 Å². The molecule has 1 heterocycles. The molecule has 1 aliphatic rings. The molecule has 0 bridgehead atoms. The van der Waals surface area contributed by atoms with Crippen LogP contribution < -0.4 is 4.74 Å².